The highest BCUT2D eigenvalue weighted by Crippen LogP contribution is 2.32. The van der Waals surface area contributed by atoms with Crippen molar-refractivity contribution in [3.05, 3.63) is 34.6 Å². The van der Waals surface area contributed by atoms with Gasteiger partial charge in [0, 0.05) is 5.02 Å². The van der Waals surface area contributed by atoms with Gasteiger partial charge in [-0.3, -0.25) is 0 Å². The van der Waals surface area contributed by atoms with Gasteiger partial charge in [0.15, 0.2) is 0 Å². The zero-order valence-electron chi connectivity index (χ0n) is 10.3. The maximum Gasteiger partial charge on any atom is 0.125 e. The van der Waals surface area contributed by atoms with Crippen molar-refractivity contribution < 1.29 is 9.50 Å². The van der Waals surface area contributed by atoms with Crippen LogP contribution < -0.4 is 5.73 Å². The van der Waals surface area contributed by atoms with Gasteiger partial charge in [0.05, 0.1) is 12.1 Å². The number of halogens is 2. The lowest BCUT2D eigenvalue weighted by molar-refractivity contribution is 0.0617. The fourth-order valence-corrected chi connectivity index (χ4v) is 2.96. The molecule has 2 rings (SSSR count). The molecule has 18 heavy (non-hydrogen) atoms. The van der Waals surface area contributed by atoms with Gasteiger partial charge in [-0.05, 0) is 42.5 Å². The van der Waals surface area contributed by atoms with E-state index in [1.54, 1.807) is 6.07 Å². The van der Waals surface area contributed by atoms with Crippen molar-refractivity contribution in [3.8, 4) is 0 Å². The van der Waals surface area contributed by atoms with E-state index in [1.165, 1.54) is 18.6 Å². The van der Waals surface area contributed by atoms with E-state index in [-0.39, 0.29) is 5.92 Å². The van der Waals surface area contributed by atoms with E-state index in [1.807, 2.05) is 0 Å². The Morgan fingerprint density at radius 3 is 2.50 bits per heavy atom. The summed E-state index contributed by atoms with van der Waals surface area (Å²) < 4.78 is 13.3. The van der Waals surface area contributed by atoms with Gasteiger partial charge in [0.25, 0.3) is 0 Å². The number of nitrogens with two attached hydrogens (primary N) is 1. The Hall–Kier alpha value is -0.640. The van der Waals surface area contributed by atoms with Gasteiger partial charge < -0.3 is 10.8 Å². The first-order valence-corrected chi connectivity index (χ1v) is 6.85. The monoisotopic (exact) mass is 271 g/mol. The normalized spacial score (nSPS) is 20.7. The standard InChI is InChI=1S/C14H19ClFNO/c15-11-6-10(7-12(16)8-11)13(17)14(18)9-4-2-1-3-5-9/h6-9,13-14,18H,1-5,17H2/t13-,14+/m0/s1. The van der Waals surface area contributed by atoms with Crippen LogP contribution in [0.25, 0.3) is 0 Å². The Balaban J connectivity index is 2.11. The molecule has 0 radical (unpaired) electrons. The molecule has 1 aromatic rings. The molecule has 0 bridgehead atoms. The lowest BCUT2D eigenvalue weighted by Gasteiger charge is -2.30. The lowest BCUT2D eigenvalue weighted by atomic mass is 9.81. The smallest absolute Gasteiger partial charge is 0.125 e. The Bertz CT molecular complexity index is 387. The molecule has 3 N–H and O–H groups in total. The molecule has 2 nitrogen and oxygen atoms in total. The minimum absolute atomic E-state index is 0.218. The number of aliphatic hydroxyl groups excluding tert-OH is 1. The largest absolute Gasteiger partial charge is 0.391 e. The molecule has 0 unspecified atom stereocenters. The second-order valence-electron chi connectivity index (χ2n) is 5.12. The highest BCUT2D eigenvalue weighted by atomic mass is 35.5. The Kier molecular flexibility index (Phi) is 4.60. The second-order valence-corrected chi connectivity index (χ2v) is 5.55. The van der Waals surface area contributed by atoms with Crippen molar-refractivity contribution in [2.75, 3.05) is 0 Å². The number of benzene rings is 1. The molecule has 0 aromatic heterocycles. The van der Waals surface area contributed by atoms with Crippen LogP contribution in [0.5, 0.6) is 0 Å². The van der Waals surface area contributed by atoms with Gasteiger partial charge in [0.1, 0.15) is 5.82 Å². The fraction of sp³-hybridized carbons (Fsp3) is 0.571. The van der Waals surface area contributed by atoms with Gasteiger partial charge >= 0.3 is 0 Å². The SMILES string of the molecule is N[C@@H](c1cc(F)cc(Cl)c1)[C@H](O)C1CCCCC1. The molecule has 1 fully saturated rings. The Morgan fingerprint density at radius 1 is 1.22 bits per heavy atom. The molecule has 100 valence electrons. The molecule has 1 aromatic carbocycles. The van der Waals surface area contributed by atoms with Crippen molar-refractivity contribution in [1.82, 2.24) is 0 Å². The van der Waals surface area contributed by atoms with E-state index in [9.17, 15) is 9.50 Å². The molecule has 0 aliphatic heterocycles. The summed E-state index contributed by atoms with van der Waals surface area (Å²) in [5.41, 5.74) is 6.60. The van der Waals surface area contributed by atoms with Crippen LogP contribution in [0.3, 0.4) is 0 Å². The van der Waals surface area contributed by atoms with Gasteiger partial charge in [-0.2, -0.15) is 0 Å². The zero-order chi connectivity index (χ0) is 13.1. The molecular weight excluding hydrogens is 253 g/mol. The molecule has 1 aliphatic carbocycles. The molecule has 1 aliphatic rings. The zero-order valence-corrected chi connectivity index (χ0v) is 11.0. The summed E-state index contributed by atoms with van der Waals surface area (Å²) >= 11 is 5.81. The average Bonchev–Trinajstić information content (AvgIpc) is 2.37. The second kappa shape index (κ2) is 6.00. The van der Waals surface area contributed by atoms with Gasteiger partial charge in [0.2, 0.25) is 0 Å². The summed E-state index contributed by atoms with van der Waals surface area (Å²) in [5.74, 6) is -0.195. The maximum absolute atomic E-state index is 13.3. The van der Waals surface area contributed by atoms with Crippen LogP contribution in [-0.4, -0.2) is 11.2 Å². The molecule has 2 atom stereocenters. The minimum atomic E-state index is -0.622. The highest BCUT2D eigenvalue weighted by Gasteiger charge is 2.27. The van der Waals surface area contributed by atoms with E-state index in [0.29, 0.717) is 10.6 Å². The van der Waals surface area contributed by atoms with Crippen molar-refractivity contribution in [2.24, 2.45) is 11.7 Å². The van der Waals surface area contributed by atoms with E-state index in [2.05, 4.69) is 0 Å². The predicted octanol–water partition coefficient (Wildman–Crippen LogP) is 3.42. The van der Waals surface area contributed by atoms with Crippen LogP contribution in [-0.2, 0) is 0 Å². The number of aliphatic hydroxyl groups is 1. The topological polar surface area (TPSA) is 46.2 Å². The van der Waals surface area contributed by atoms with Crippen molar-refractivity contribution in [2.45, 2.75) is 44.2 Å². The molecule has 0 saturated heterocycles. The van der Waals surface area contributed by atoms with Crippen LogP contribution in [0, 0.1) is 11.7 Å². The van der Waals surface area contributed by atoms with Crippen LogP contribution in [0.1, 0.15) is 43.7 Å². The van der Waals surface area contributed by atoms with Crippen molar-refractivity contribution in [3.63, 3.8) is 0 Å². The first-order valence-electron chi connectivity index (χ1n) is 6.47. The third kappa shape index (κ3) is 3.22. The van der Waals surface area contributed by atoms with Crippen molar-refractivity contribution >= 4 is 11.6 Å². The van der Waals surface area contributed by atoms with Crippen LogP contribution in [0.2, 0.25) is 5.02 Å². The quantitative estimate of drug-likeness (QED) is 0.885. The van der Waals surface area contributed by atoms with Gasteiger partial charge in [-0.15, -0.1) is 0 Å². The summed E-state index contributed by atoms with van der Waals surface area (Å²) in [4.78, 5) is 0. The molecule has 4 heteroatoms. The first kappa shape index (κ1) is 13.8. The summed E-state index contributed by atoms with van der Waals surface area (Å²) in [6.07, 6.45) is 4.87. The van der Waals surface area contributed by atoms with E-state index >= 15 is 0 Å². The van der Waals surface area contributed by atoms with E-state index in [4.69, 9.17) is 17.3 Å². The predicted molar refractivity (Wildman–Crippen MR) is 70.9 cm³/mol. The summed E-state index contributed by atoms with van der Waals surface area (Å²) in [6, 6.07) is 3.65. The van der Waals surface area contributed by atoms with Crippen molar-refractivity contribution in [1.29, 1.82) is 0 Å². The molecule has 0 amide bonds. The number of hydrogen-bond acceptors (Lipinski definition) is 2. The van der Waals surface area contributed by atoms with Crippen LogP contribution in [0.15, 0.2) is 18.2 Å². The molecule has 1 saturated carbocycles. The Labute approximate surface area is 112 Å². The summed E-state index contributed by atoms with van der Waals surface area (Å²) in [6.45, 7) is 0. The lowest BCUT2D eigenvalue weighted by Crippen LogP contribution is -2.34. The number of rotatable bonds is 3. The average molecular weight is 272 g/mol. The summed E-state index contributed by atoms with van der Waals surface area (Å²) in [7, 11) is 0. The number of hydrogen-bond donors (Lipinski definition) is 2. The third-order valence-electron chi connectivity index (χ3n) is 3.77. The maximum atomic E-state index is 13.3. The van der Waals surface area contributed by atoms with Gasteiger partial charge in [-0.25, -0.2) is 4.39 Å². The van der Waals surface area contributed by atoms with Crippen LogP contribution in [0.4, 0.5) is 4.39 Å². The van der Waals surface area contributed by atoms with E-state index < -0.39 is 18.0 Å². The molecule has 0 spiro atoms. The summed E-state index contributed by atoms with van der Waals surface area (Å²) in [5, 5.41) is 10.6. The van der Waals surface area contributed by atoms with Crippen LogP contribution >= 0.6 is 11.6 Å². The first-order chi connectivity index (χ1) is 8.58. The van der Waals surface area contributed by atoms with E-state index in [0.717, 1.165) is 25.7 Å². The third-order valence-corrected chi connectivity index (χ3v) is 3.99. The van der Waals surface area contributed by atoms with Gasteiger partial charge in [-0.1, -0.05) is 30.9 Å². The minimum Gasteiger partial charge on any atom is -0.391 e. The molecule has 0 heterocycles. The fourth-order valence-electron chi connectivity index (χ4n) is 2.73. The molecular formula is C14H19ClFNO. The highest BCUT2D eigenvalue weighted by molar-refractivity contribution is 6.30. The Morgan fingerprint density at radius 2 is 1.89 bits per heavy atom.